The van der Waals surface area contributed by atoms with Crippen molar-refractivity contribution in [2.45, 2.75) is 44.7 Å². The van der Waals surface area contributed by atoms with E-state index in [4.69, 9.17) is 13.9 Å². The molecule has 0 aliphatic heterocycles. The van der Waals surface area contributed by atoms with Gasteiger partial charge in [-0.2, -0.15) is 0 Å². The molecule has 22 heavy (non-hydrogen) atoms. The molecule has 126 valence electrons. The van der Waals surface area contributed by atoms with Gasteiger partial charge in [0.05, 0.1) is 13.2 Å². The van der Waals surface area contributed by atoms with Gasteiger partial charge in [-0.15, -0.1) is 0 Å². The van der Waals surface area contributed by atoms with Gasteiger partial charge in [-0.25, -0.2) is 0 Å². The number of allylic oxidation sites excluding steroid dienone is 2. The number of aliphatic carboxylic acids is 1. The molecule has 0 spiro atoms. The van der Waals surface area contributed by atoms with E-state index in [0.717, 1.165) is 0 Å². The molecule has 6 heteroatoms. The Hall–Kier alpha value is -0.953. The molecule has 1 rings (SSSR count). The van der Waals surface area contributed by atoms with Gasteiger partial charge in [-0.1, -0.05) is 39.0 Å². The number of carboxylic acids is 1. The van der Waals surface area contributed by atoms with Crippen LogP contribution in [-0.4, -0.2) is 45.5 Å². The number of ether oxygens (including phenoxy) is 2. The van der Waals surface area contributed by atoms with Crippen LogP contribution in [0.1, 0.15) is 20.8 Å². The van der Waals surface area contributed by atoms with Crippen LogP contribution in [0.2, 0.25) is 18.1 Å². The van der Waals surface area contributed by atoms with E-state index in [9.17, 15) is 9.90 Å². The van der Waals surface area contributed by atoms with E-state index in [1.54, 1.807) is 24.3 Å². The van der Waals surface area contributed by atoms with Crippen LogP contribution in [0, 0.1) is 5.92 Å². The molecule has 2 unspecified atom stereocenters. The molecule has 0 saturated carbocycles. The molecule has 1 N–H and O–H groups in total. The zero-order chi connectivity index (χ0) is 17.0. The maximum atomic E-state index is 11.4. The average molecular weight is 328 g/mol. The zero-order valence-electron chi connectivity index (χ0n) is 14.4. The number of carbonyl (C=O) groups is 1. The number of methoxy groups -OCH3 is 1. The molecule has 0 aromatic rings. The molecule has 1 aliphatic rings. The number of rotatable bonds is 7. The zero-order valence-corrected chi connectivity index (χ0v) is 15.4. The lowest BCUT2D eigenvalue weighted by atomic mass is 9.93. The molecule has 0 aromatic carbocycles. The lowest BCUT2D eigenvalue weighted by Gasteiger charge is -2.37. The third kappa shape index (κ3) is 4.29. The highest BCUT2D eigenvalue weighted by atomic mass is 28.4. The van der Waals surface area contributed by atoms with Gasteiger partial charge in [0.2, 0.25) is 5.79 Å². The summed E-state index contributed by atoms with van der Waals surface area (Å²) in [4.78, 5) is 11.4. The first-order chi connectivity index (χ1) is 10.1. The van der Waals surface area contributed by atoms with Crippen molar-refractivity contribution in [3.63, 3.8) is 0 Å². The summed E-state index contributed by atoms with van der Waals surface area (Å²) in [6, 6.07) is 0. The highest BCUT2D eigenvalue weighted by Gasteiger charge is 2.43. The van der Waals surface area contributed by atoms with Crippen LogP contribution in [0.4, 0.5) is 0 Å². The third-order valence-electron chi connectivity index (χ3n) is 4.44. The van der Waals surface area contributed by atoms with Crippen LogP contribution in [0.15, 0.2) is 24.3 Å². The minimum atomic E-state index is -1.83. The van der Waals surface area contributed by atoms with Crippen LogP contribution in [0.3, 0.4) is 0 Å². The Kier molecular flexibility index (Phi) is 6.15. The fraction of sp³-hybridized carbons (Fsp3) is 0.688. The normalized spacial score (nSPS) is 25.5. The summed E-state index contributed by atoms with van der Waals surface area (Å²) in [5.74, 6) is -3.11. The molecule has 5 nitrogen and oxygen atoms in total. The summed E-state index contributed by atoms with van der Waals surface area (Å²) in [7, 11) is -0.382. The van der Waals surface area contributed by atoms with Gasteiger partial charge >= 0.3 is 5.97 Å². The van der Waals surface area contributed by atoms with E-state index in [-0.39, 0.29) is 11.6 Å². The molecule has 0 bridgehead atoms. The van der Waals surface area contributed by atoms with E-state index in [1.165, 1.54) is 7.11 Å². The van der Waals surface area contributed by atoms with Crippen molar-refractivity contribution in [3.8, 4) is 0 Å². The standard InChI is InChI=1S/C16H28O5Si/c1-15(2,3)22(5,6)21-12-11-20-16(19-4)10-8-7-9-13(16)14(17)18/h7-10,13H,11-12H2,1-6H3,(H,17,18). The SMILES string of the molecule is COC1(OCCO[Si](C)(C)C(C)(C)C)C=CC=CC1C(=O)O. The Bertz CT molecular complexity index is 450. The van der Waals surface area contributed by atoms with Crippen molar-refractivity contribution in [2.24, 2.45) is 5.92 Å². The second-order valence-corrected chi connectivity index (χ2v) is 11.8. The van der Waals surface area contributed by atoms with Crippen molar-refractivity contribution >= 4 is 14.3 Å². The fourth-order valence-electron chi connectivity index (χ4n) is 1.96. The van der Waals surface area contributed by atoms with E-state index in [0.29, 0.717) is 6.61 Å². The van der Waals surface area contributed by atoms with Crippen LogP contribution in [-0.2, 0) is 18.7 Å². The van der Waals surface area contributed by atoms with Crippen LogP contribution in [0.5, 0.6) is 0 Å². The van der Waals surface area contributed by atoms with Crippen molar-refractivity contribution in [1.82, 2.24) is 0 Å². The lowest BCUT2D eigenvalue weighted by Crippen LogP contribution is -2.46. The first-order valence-electron chi connectivity index (χ1n) is 7.48. The average Bonchev–Trinajstić information content (AvgIpc) is 2.42. The summed E-state index contributed by atoms with van der Waals surface area (Å²) in [5.41, 5.74) is 0. The molecule has 0 fully saturated rings. The lowest BCUT2D eigenvalue weighted by molar-refractivity contribution is -0.219. The second-order valence-electron chi connectivity index (χ2n) is 6.94. The maximum absolute atomic E-state index is 11.4. The molecular weight excluding hydrogens is 300 g/mol. The van der Waals surface area contributed by atoms with Crippen LogP contribution in [0.25, 0.3) is 0 Å². The topological polar surface area (TPSA) is 65.0 Å². The molecule has 0 aromatic heterocycles. The Morgan fingerprint density at radius 2 is 1.91 bits per heavy atom. The van der Waals surface area contributed by atoms with Gasteiger partial charge in [0, 0.05) is 7.11 Å². The highest BCUT2D eigenvalue weighted by molar-refractivity contribution is 6.74. The molecule has 0 amide bonds. The Balaban J connectivity index is 2.63. The van der Waals surface area contributed by atoms with Gasteiger partial charge in [-0.05, 0) is 24.2 Å². The van der Waals surface area contributed by atoms with E-state index in [2.05, 4.69) is 33.9 Å². The van der Waals surface area contributed by atoms with Crippen molar-refractivity contribution in [3.05, 3.63) is 24.3 Å². The van der Waals surface area contributed by atoms with Crippen LogP contribution < -0.4 is 0 Å². The largest absolute Gasteiger partial charge is 0.481 e. The Morgan fingerprint density at radius 1 is 1.27 bits per heavy atom. The summed E-state index contributed by atoms with van der Waals surface area (Å²) in [6.07, 6.45) is 6.63. The van der Waals surface area contributed by atoms with Gasteiger partial charge in [-0.3, -0.25) is 4.79 Å². The monoisotopic (exact) mass is 328 g/mol. The molecule has 0 radical (unpaired) electrons. The van der Waals surface area contributed by atoms with Crippen molar-refractivity contribution < 1.29 is 23.8 Å². The van der Waals surface area contributed by atoms with Gasteiger partial charge in [0.1, 0.15) is 5.92 Å². The summed E-state index contributed by atoms with van der Waals surface area (Å²) >= 11 is 0. The molecular formula is C16H28O5Si. The molecule has 0 heterocycles. The smallest absolute Gasteiger partial charge is 0.316 e. The van der Waals surface area contributed by atoms with Gasteiger partial charge < -0.3 is 19.0 Å². The minimum absolute atomic E-state index is 0.128. The van der Waals surface area contributed by atoms with E-state index >= 15 is 0 Å². The summed E-state index contributed by atoms with van der Waals surface area (Å²) in [6.45, 7) is 11.6. The predicted octanol–water partition coefficient (Wildman–Crippen LogP) is 3.19. The van der Waals surface area contributed by atoms with Gasteiger partial charge in [0.25, 0.3) is 0 Å². The van der Waals surface area contributed by atoms with Crippen molar-refractivity contribution in [1.29, 1.82) is 0 Å². The molecule has 0 saturated heterocycles. The van der Waals surface area contributed by atoms with Gasteiger partial charge in [0.15, 0.2) is 8.32 Å². The Labute approximate surface area is 134 Å². The number of carboxylic acid groups (broad SMARTS) is 1. The number of hydrogen-bond acceptors (Lipinski definition) is 4. The Morgan fingerprint density at radius 3 is 2.41 bits per heavy atom. The minimum Gasteiger partial charge on any atom is -0.481 e. The van der Waals surface area contributed by atoms with E-state index < -0.39 is 26.0 Å². The second kappa shape index (κ2) is 7.08. The first-order valence-corrected chi connectivity index (χ1v) is 10.4. The highest BCUT2D eigenvalue weighted by Crippen LogP contribution is 2.36. The molecule has 2 atom stereocenters. The van der Waals surface area contributed by atoms with E-state index in [1.807, 2.05) is 0 Å². The predicted molar refractivity (Wildman–Crippen MR) is 88.2 cm³/mol. The van der Waals surface area contributed by atoms with Crippen LogP contribution >= 0.6 is 0 Å². The molecule has 1 aliphatic carbocycles. The number of hydrogen-bond donors (Lipinski definition) is 1. The quantitative estimate of drug-likeness (QED) is 0.442. The maximum Gasteiger partial charge on any atom is 0.316 e. The fourth-order valence-corrected chi connectivity index (χ4v) is 2.99. The van der Waals surface area contributed by atoms with Crippen molar-refractivity contribution in [2.75, 3.05) is 20.3 Å². The summed E-state index contributed by atoms with van der Waals surface area (Å²) in [5, 5.41) is 9.46. The summed E-state index contributed by atoms with van der Waals surface area (Å²) < 4.78 is 17.2. The third-order valence-corrected chi connectivity index (χ3v) is 8.98. The first kappa shape index (κ1) is 19.1.